The molecule has 1 amide bonds. The fourth-order valence-electron chi connectivity index (χ4n) is 2.22. The molecule has 20 heavy (non-hydrogen) atoms. The molecular formula is C14H20N2O3S. The largest absolute Gasteiger partial charge is 0.335 e. The van der Waals surface area contributed by atoms with Crippen molar-refractivity contribution in [1.82, 2.24) is 4.90 Å². The Morgan fingerprint density at radius 3 is 2.45 bits per heavy atom. The lowest BCUT2D eigenvalue weighted by Crippen LogP contribution is -2.71. The van der Waals surface area contributed by atoms with Crippen LogP contribution in [-0.2, 0) is 9.84 Å². The topological polar surface area (TPSA) is 80.5 Å². The van der Waals surface area contributed by atoms with Crippen LogP contribution in [0, 0.1) is 5.92 Å². The van der Waals surface area contributed by atoms with Crippen LogP contribution in [0.25, 0.3) is 0 Å². The van der Waals surface area contributed by atoms with Gasteiger partial charge < -0.3 is 10.6 Å². The van der Waals surface area contributed by atoms with Crippen molar-refractivity contribution in [2.45, 2.75) is 24.3 Å². The van der Waals surface area contributed by atoms with Crippen LogP contribution >= 0.6 is 0 Å². The summed E-state index contributed by atoms with van der Waals surface area (Å²) in [4.78, 5) is 14.1. The van der Waals surface area contributed by atoms with Crippen LogP contribution in [0.4, 0.5) is 0 Å². The molecule has 0 spiro atoms. The number of hydrogen-bond acceptors (Lipinski definition) is 4. The van der Waals surface area contributed by atoms with Crippen molar-refractivity contribution >= 4 is 15.7 Å². The first kappa shape index (κ1) is 15.0. The Hall–Kier alpha value is -1.40. The molecule has 1 aromatic carbocycles. The average Bonchev–Trinajstić information content (AvgIpc) is 2.33. The van der Waals surface area contributed by atoms with Gasteiger partial charge in [0.25, 0.3) is 5.91 Å². The van der Waals surface area contributed by atoms with E-state index in [9.17, 15) is 13.2 Å². The second kappa shape index (κ2) is 4.86. The second-order valence-electron chi connectivity index (χ2n) is 5.85. The van der Waals surface area contributed by atoms with E-state index in [1.54, 1.807) is 17.0 Å². The summed E-state index contributed by atoms with van der Waals surface area (Å²) in [6.45, 7) is 5.08. The monoisotopic (exact) mass is 296 g/mol. The van der Waals surface area contributed by atoms with E-state index >= 15 is 0 Å². The maximum atomic E-state index is 12.3. The lowest BCUT2D eigenvalue weighted by atomic mass is 9.80. The van der Waals surface area contributed by atoms with Gasteiger partial charge in [-0.2, -0.15) is 0 Å². The molecule has 110 valence electrons. The molecule has 0 radical (unpaired) electrons. The molecule has 1 heterocycles. The normalized spacial score (nSPS) is 17.9. The van der Waals surface area contributed by atoms with Gasteiger partial charge in [0.2, 0.25) is 0 Å². The van der Waals surface area contributed by atoms with E-state index in [4.69, 9.17) is 5.73 Å². The van der Waals surface area contributed by atoms with Crippen LogP contribution in [0.15, 0.2) is 29.2 Å². The van der Waals surface area contributed by atoms with Crippen molar-refractivity contribution in [3.05, 3.63) is 29.8 Å². The molecule has 2 N–H and O–H groups in total. The molecule has 0 atom stereocenters. The number of carbonyl (C=O) groups excluding carboxylic acids is 1. The average molecular weight is 296 g/mol. The second-order valence-corrected chi connectivity index (χ2v) is 7.86. The molecular weight excluding hydrogens is 276 g/mol. The van der Waals surface area contributed by atoms with Crippen molar-refractivity contribution in [3.8, 4) is 0 Å². The van der Waals surface area contributed by atoms with Gasteiger partial charge in [-0.25, -0.2) is 8.42 Å². The molecule has 1 saturated heterocycles. The Morgan fingerprint density at radius 2 is 1.95 bits per heavy atom. The summed E-state index contributed by atoms with van der Waals surface area (Å²) in [6, 6.07) is 6.12. The highest BCUT2D eigenvalue weighted by Crippen LogP contribution is 2.27. The summed E-state index contributed by atoms with van der Waals surface area (Å²) in [6.07, 6.45) is 1.13. The third-order valence-electron chi connectivity index (χ3n) is 3.92. The first-order chi connectivity index (χ1) is 9.13. The molecule has 1 fully saturated rings. The highest BCUT2D eigenvalue weighted by molar-refractivity contribution is 7.90. The van der Waals surface area contributed by atoms with Crippen LogP contribution in [0.3, 0.4) is 0 Å². The Kier molecular flexibility index (Phi) is 3.64. The summed E-state index contributed by atoms with van der Waals surface area (Å²) in [5, 5.41) is 0. The van der Waals surface area contributed by atoms with Crippen LogP contribution in [0.2, 0.25) is 0 Å². The van der Waals surface area contributed by atoms with Gasteiger partial charge >= 0.3 is 0 Å². The molecule has 6 heteroatoms. The smallest absolute Gasteiger partial charge is 0.254 e. The number of likely N-dealkylation sites (tertiary alicyclic amines) is 1. The quantitative estimate of drug-likeness (QED) is 0.898. The van der Waals surface area contributed by atoms with E-state index in [-0.39, 0.29) is 16.3 Å². The Labute approximate surface area is 119 Å². The predicted octanol–water partition coefficient (Wildman–Crippen LogP) is 0.899. The predicted molar refractivity (Wildman–Crippen MR) is 77.2 cm³/mol. The summed E-state index contributed by atoms with van der Waals surface area (Å²) >= 11 is 0. The number of amides is 1. The highest BCUT2D eigenvalue weighted by atomic mass is 32.2. The van der Waals surface area contributed by atoms with Crippen molar-refractivity contribution in [3.63, 3.8) is 0 Å². The molecule has 2 rings (SSSR count). The Balaban J connectivity index is 2.17. The first-order valence-corrected chi connectivity index (χ1v) is 8.41. The van der Waals surface area contributed by atoms with E-state index in [2.05, 4.69) is 0 Å². The highest BCUT2D eigenvalue weighted by Gasteiger charge is 2.44. The third-order valence-corrected chi connectivity index (χ3v) is 5.03. The van der Waals surface area contributed by atoms with Gasteiger partial charge in [-0.15, -0.1) is 0 Å². The third kappa shape index (κ3) is 2.71. The molecule has 1 aromatic rings. The Morgan fingerprint density at radius 1 is 1.35 bits per heavy atom. The van der Waals surface area contributed by atoms with Gasteiger partial charge in [-0.05, 0) is 24.1 Å². The fraction of sp³-hybridized carbons (Fsp3) is 0.500. The lowest BCUT2D eigenvalue weighted by Gasteiger charge is -2.50. The number of hydrogen-bond donors (Lipinski definition) is 1. The van der Waals surface area contributed by atoms with Gasteiger partial charge in [0.1, 0.15) is 0 Å². The van der Waals surface area contributed by atoms with E-state index in [1.807, 2.05) is 13.8 Å². The summed E-state index contributed by atoms with van der Waals surface area (Å²) < 4.78 is 23.0. The lowest BCUT2D eigenvalue weighted by molar-refractivity contribution is 0.0275. The number of rotatable bonds is 3. The minimum Gasteiger partial charge on any atom is -0.335 e. The summed E-state index contributed by atoms with van der Waals surface area (Å²) in [7, 11) is -3.30. The first-order valence-electron chi connectivity index (χ1n) is 6.52. The Bertz CT molecular complexity index is 632. The zero-order chi connectivity index (χ0) is 15.1. The van der Waals surface area contributed by atoms with Gasteiger partial charge in [0.15, 0.2) is 9.84 Å². The zero-order valence-corrected chi connectivity index (χ0v) is 12.8. The molecule has 1 aliphatic rings. The molecule has 5 nitrogen and oxygen atoms in total. The van der Waals surface area contributed by atoms with Gasteiger partial charge in [-0.1, -0.05) is 19.9 Å². The van der Waals surface area contributed by atoms with Gasteiger partial charge in [0.05, 0.1) is 10.4 Å². The van der Waals surface area contributed by atoms with Crippen molar-refractivity contribution in [2.24, 2.45) is 11.7 Å². The van der Waals surface area contributed by atoms with Crippen LogP contribution in [0.5, 0.6) is 0 Å². The SMILES string of the molecule is CC(C)C1(N)CN(C(=O)c2cccc(S(C)(=O)=O)c2)C1. The molecule has 0 saturated carbocycles. The molecule has 0 bridgehead atoms. The van der Waals surface area contributed by atoms with Crippen molar-refractivity contribution in [1.29, 1.82) is 0 Å². The van der Waals surface area contributed by atoms with Crippen molar-refractivity contribution in [2.75, 3.05) is 19.3 Å². The number of nitrogens with two attached hydrogens (primary N) is 1. The molecule has 0 unspecified atom stereocenters. The molecule has 0 aromatic heterocycles. The number of sulfone groups is 1. The minimum atomic E-state index is -3.30. The zero-order valence-electron chi connectivity index (χ0n) is 12.0. The summed E-state index contributed by atoms with van der Waals surface area (Å²) in [5.74, 6) is 0.131. The van der Waals surface area contributed by atoms with Crippen molar-refractivity contribution < 1.29 is 13.2 Å². The number of benzene rings is 1. The van der Waals surface area contributed by atoms with E-state index in [0.717, 1.165) is 6.26 Å². The van der Waals surface area contributed by atoms with E-state index < -0.39 is 9.84 Å². The van der Waals surface area contributed by atoms with Gasteiger partial charge in [0, 0.05) is 24.9 Å². The minimum absolute atomic E-state index is 0.159. The molecule has 0 aliphatic carbocycles. The van der Waals surface area contributed by atoms with Crippen LogP contribution in [-0.4, -0.2) is 44.1 Å². The summed E-state index contributed by atoms with van der Waals surface area (Å²) in [5.41, 5.74) is 6.22. The maximum Gasteiger partial charge on any atom is 0.254 e. The van der Waals surface area contributed by atoms with E-state index in [1.165, 1.54) is 12.1 Å². The molecule has 1 aliphatic heterocycles. The maximum absolute atomic E-state index is 12.3. The van der Waals surface area contributed by atoms with E-state index in [0.29, 0.717) is 24.6 Å². The number of carbonyl (C=O) groups is 1. The van der Waals surface area contributed by atoms with Crippen LogP contribution < -0.4 is 5.73 Å². The van der Waals surface area contributed by atoms with Gasteiger partial charge in [-0.3, -0.25) is 4.79 Å². The standard InChI is InChI=1S/C14H20N2O3S/c1-10(2)14(15)8-16(9-14)13(17)11-5-4-6-12(7-11)20(3,18)19/h4-7,10H,8-9,15H2,1-3H3. The fourth-order valence-corrected chi connectivity index (χ4v) is 2.88. The van der Waals surface area contributed by atoms with Crippen LogP contribution in [0.1, 0.15) is 24.2 Å². The number of nitrogens with zero attached hydrogens (tertiary/aromatic N) is 1.